The number of para-hydroxylation sites is 2. The van der Waals surface area contributed by atoms with Crippen molar-refractivity contribution < 1.29 is 41.6 Å². The van der Waals surface area contributed by atoms with Gasteiger partial charge in [0.25, 0.3) is 0 Å². The molecule has 0 amide bonds. The summed E-state index contributed by atoms with van der Waals surface area (Å²) >= 11 is 0. The van der Waals surface area contributed by atoms with Crippen LogP contribution in [-0.4, -0.2) is 16.4 Å². The van der Waals surface area contributed by atoms with Gasteiger partial charge < -0.3 is 24.8 Å². The number of aliphatic imine (C=N–C) groups is 2. The van der Waals surface area contributed by atoms with Gasteiger partial charge in [-0.1, -0.05) is 76.2 Å². The van der Waals surface area contributed by atoms with Gasteiger partial charge in [-0.15, -0.1) is 6.58 Å². The molecule has 0 spiro atoms. The summed E-state index contributed by atoms with van der Waals surface area (Å²) in [4.78, 5) is 14.9. The maximum absolute atomic E-state index is 5.10. The summed E-state index contributed by atoms with van der Waals surface area (Å²) in [5.74, 6) is 0.805. The molecular weight excluding hydrogens is 532 g/mol. The van der Waals surface area contributed by atoms with Gasteiger partial charge in [-0.05, 0) is 67.0 Å². The van der Waals surface area contributed by atoms with Gasteiger partial charge in [0.05, 0.1) is 34.2 Å². The Morgan fingerprint density at radius 1 is 0.778 bits per heavy atom. The Balaban J connectivity index is 0.00000408. The van der Waals surface area contributed by atoms with E-state index < -0.39 is 0 Å². The van der Waals surface area contributed by atoms with E-state index in [1.807, 2.05) is 56.3 Å². The molecule has 1 radical (unpaired) electrons. The predicted octanol–water partition coefficient (Wildman–Crippen LogP) is 2.34. The van der Waals surface area contributed by atoms with Gasteiger partial charge >= 0.3 is 16.8 Å². The second kappa shape index (κ2) is 15.8. The molecule has 0 aliphatic heterocycles. The molecule has 0 atom stereocenters. The van der Waals surface area contributed by atoms with Crippen molar-refractivity contribution in [2.45, 2.75) is 59.8 Å². The molecule has 0 bridgehead atoms. The molecule has 2 aromatic carbocycles. The molecule has 1 heterocycles. The fourth-order valence-electron chi connectivity index (χ4n) is 3.89. The summed E-state index contributed by atoms with van der Waals surface area (Å²) in [6, 6.07) is 20.7. The molecule has 0 fully saturated rings. The van der Waals surface area contributed by atoms with Crippen LogP contribution in [0, 0.1) is 0 Å². The zero-order valence-electron chi connectivity index (χ0n) is 21.9. The molecule has 6 heteroatoms. The average Bonchev–Trinajstić information content (AvgIpc) is 2.80. The second-order valence-corrected chi connectivity index (χ2v) is 9.02. The first-order valence-corrected chi connectivity index (χ1v) is 11.7. The quantitative estimate of drug-likeness (QED) is 0.305. The minimum atomic E-state index is 0. The summed E-state index contributed by atoms with van der Waals surface area (Å²) in [7, 11) is 0. The zero-order chi connectivity index (χ0) is 24.0. The minimum Gasteiger partial charge on any atom is -1.00 e. The summed E-state index contributed by atoms with van der Waals surface area (Å²) in [6.45, 7) is 16.8. The van der Waals surface area contributed by atoms with Gasteiger partial charge in [-0.2, -0.15) is 0 Å². The monoisotopic (exact) mass is 566 g/mol. The molecule has 0 saturated heterocycles. The first-order chi connectivity index (χ1) is 15.8. The molecule has 36 heavy (non-hydrogen) atoms. The third-order valence-electron chi connectivity index (χ3n) is 5.76. The first kappa shape index (κ1) is 33.8. The smallest absolute Gasteiger partial charge is 1.00 e. The molecule has 1 aromatic heterocycles. The summed E-state index contributed by atoms with van der Waals surface area (Å²) in [5.41, 5.74) is 9.26. The van der Waals surface area contributed by atoms with E-state index in [0.717, 1.165) is 46.2 Å². The van der Waals surface area contributed by atoms with Gasteiger partial charge in [-0.3, -0.25) is 9.98 Å². The number of hydrogen-bond donors (Lipinski definition) is 0. The third-order valence-corrected chi connectivity index (χ3v) is 5.76. The van der Waals surface area contributed by atoms with Crippen LogP contribution >= 0.6 is 0 Å². The molecule has 3 nitrogen and oxygen atoms in total. The zero-order valence-corrected chi connectivity index (χ0v) is 24.4. The predicted molar refractivity (Wildman–Crippen MR) is 143 cm³/mol. The Kier molecular flexibility index (Phi) is 14.8. The van der Waals surface area contributed by atoms with Gasteiger partial charge in [0, 0.05) is 0 Å². The average molecular weight is 567 g/mol. The summed E-state index contributed by atoms with van der Waals surface area (Å²) in [6.07, 6.45) is 2.70. The van der Waals surface area contributed by atoms with Crippen LogP contribution in [0.5, 0.6) is 0 Å². The van der Waals surface area contributed by atoms with E-state index in [9.17, 15) is 0 Å². The van der Waals surface area contributed by atoms with Crippen molar-refractivity contribution in [2.75, 3.05) is 0 Å². The van der Waals surface area contributed by atoms with E-state index in [-0.39, 0.29) is 41.6 Å². The number of nitrogens with zero attached hydrogens (tertiary/aromatic N) is 3. The van der Waals surface area contributed by atoms with Gasteiger partial charge in [0.1, 0.15) is 0 Å². The van der Waals surface area contributed by atoms with Crippen LogP contribution < -0.4 is 24.8 Å². The Morgan fingerprint density at radius 3 is 1.81 bits per heavy atom. The van der Waals surface area contributed by atoms with Crippen LogP contribution in [0.2, 0.25) is 0 Å². The van der Waals surface area contributed by atoms with E-state index in [1.165, 1.54) is 11.1 Å². The Hall–Kier alpha value is -2.24. The molecule has 3 rings (SSSR count). The van der Waals surface area contributed by atoms with Crippen LogP contribution in [0.3, 0.4) is 0 Å². The molecule has 0 aliphatic rings. The van der Waals surface area contributed by atoms with Gasteiger partial charge in [0.15, 0.2) is 0 Å². The number of hydrogen-bond acceptors (Lipinski definition) is 3. The van der Waals surface area contributed by atoms with Crippen molar-refractivity contribution >= 4 is 22.8 Å². The maximum Gasteiger partial charge on any atom is 2.00 e. The Morgan fingerprint density at radius 2 is 1.28 bits per heavy atom. The largest absolute Gasteiger partial charge is 2.00 e. The summed E-state index contributed by atoms with van der Waals surface area (Å²) in [5, 5.41) is 0. The van der Waals surface area contributed by atoms with Gasteiger partial charge in [-0.25, -0.2) is 4.98 Å². The van der Waals surface area contributed by atoms with E-state index in [1.54, 1.807) is 0 Å². The topological polar surface area (TPSA) is 37.6 Å². The minimum absolute atomic E-state index is 0. The number of allylic oxidation sites excluding steroid dienone is 1. The Labute approximate surface area is 239 Å². The number of benzene rings is 2. The molecule has 3 aromatic rings. The number of halogens is 2. The van der Waals surface area contributed by atoms with Crippen LogP contribution in [0.1, 0.15) is 81.5 Å². The van der Waals surface area contributed by atoms with Crippen molar-refractivity contribution in [3.05, 3.63) is 101 Å². The van der Waals surface area contributed by atoms with Crippen molar-refractivity contribution in [1.29, 1.82) is 0 Å². The third kappa shape index (κ3) is 8.41. The Bertz CT molecular complexity index is 1170. The first-order valence-electron chi connectivity index (χ1n) is 11.7. The van der Waals surface area contributed by atoms with Crippen LogP contribution in [0.25, 0.3) is 0 Å². The fraction of sp³-hybridized carbons (Fsp3) is 0.300. The molecule has 0 N–H and O–H groups in total. The second-order valence-electron chi connectivity index (χ2n) is 9.02. The van der Waals surface area contributed by atoms with E-state index >= 15 is 0 Å². The van der Waals surface area contributed by atoms with Crippen LogP contribution in [0.15, 0.2) is 83.3 Å². The van der Waals surface area contributed by atoms with Crippen LogP contribution in [0.4, 0.5) is 11.4 Å². The molecule has 0 unspecified atom stereocenters. The SMILES string of the molecule is C=CCc1ccccc1/N=C(\C)c1cccc(/C(C)=N/c2c(C(C)C)cccc2C(C)C)n1.[Cl-].[Cl-].[Co+2]. The van der Waals surface area contributed by atoms with E-state index in [0.29, 0.717) is 11.8 Å². The molecule has 0 aliphatic carbocycles. The van der Waals surface area contributed by atoms with Crippen molar-refractivity contribution in [1.82, 2.24) is 4.98 Å². The van der Waals surface area contributed by atoms with E-state index in [2.05, 4.69) is 58.5 Å². The van der Waals surface area contributed by atoms with Crippen molar-refractivity contribution in [2.24, 2.45) is 9.98 Å². The summed E-state index contributed by atoms with van der Waals surface area (Å²) < 4.78 is 0. The van der Waals surface area contributed by atoms with E-state index in [4.69, 9.17) is 15.0 Å². The van der Waals surface area contributed by atoms with Crippen molar-refractivity contribution in [3.63, 3.8) is 0 Å². The van der Waals surface area contributed by atoms with Crippen LogP contribution in [-0.2, 0) is 23.2 Å². The van der Waals surface area contributed by atoms with Gasteiger partial charge in [0.2, 0.25) is 0 Å². The maximum atomic E-state index is 5.10. The molecular formula is C30H35Cl2CoN3. The number of rotatable bonds is 8. The number of aromatic nitrogens is 1. The standard InChI is InChI=1S/C30H35N3.2ClH.Co/c1-8-13-24-14-9-10-17-29(24)31-22(6)27-18-12-19-28(33-27)23(7)32-30-25(20(2)3)15-11-16-26(30)21(4)5;;;/h8-12,14-21H,1,13H2,2-7H3;2*1H;/q;;;+2/p-2/b31-22+,32-23+;;;. The fourth-order valence-corrected chi connectivity index (χ4v) is 3.89. The number of pyridine rings is 1. The normalized spacial score (nSPS) is 11.4. The van der Waals surface area contributed by atoms with Crippen molar-refractivity contribution in [3.8, 4) is 0 Å². The molecule has 193 valence electrons. The molecule has 0 saturated carbocycles.